The van der Waals surface area contributed by atoms with Crippen LogP contribution < -0.4 is 4.74 Å². The van der Waals surface area contributed by atoms with Crippen molar-refractivity contribution in [3.63, 3.8) is 0 Å². The Hall–Kier alpha value is -2.50. The number of hydrogen-bond donors (Lipinski definition) is 0. The lowest BCUT2D eigenvalue weighted by atomic mass is 10.0. The minimum absolute atomic E-state index is 0.112. The van der Waals surface area contributed by atoms with Gasteiger partial charge in [-0.2, -0.15) is 0 Å². The third kappa shape index (κ3) is 4.89. The van der Waals surface area contributed by atoms with Gasteiger partial charge < -0.3 is 14.2 Å². The minimum atomic E-state index is 0.112. The van der Waals surface area contributed by atoms with Crippen molar-refractivity contribution >= 4 is 29.1 Å². The first-order valence-corrected chi connectivity index (χ1v) is 11.1. The molecule has 0 saturated carbocycles. The lowest BCUT2D eigenvalue weighted by Gasteiger charge is -2.26. The molecular formula is C24H24Cl2N2O3. The van der Waals surface area contributed by atoms with Crippen LogP contribution in [0.4, 0.5) is 0 Å². The van der Waals surface area contributed by atoms with Gasteiger partial charge >= 0.3 is 0 Å². The van der Waals surface area contributed by atoms with Gasteiger partial charge in [0.1, 0.15) is 5.75 Å². The number of carbonyl (C=O) groups is 1. The second kappa shape index (κ2) is 9.33. The summed E-state index contributed by atoms with van der Waals surface area (Å²) in [5.74, 6) is 1.61. The summed E-state index contributed by atoms with van der Waals surface area (Å²) in [7, 11) is 0. The van der Waals surface area contributed by atoms with Gasteiger partial charge in [-0.15, -0.1) is 0 Å². The molecule has 7 heteroatoms. The average Bonchev–Trinajstić information content (AvgIpc) is 3.18. The van der Waals surface area contributed by atoms with Crippen LogP contribution in [0.5, 0.6) is 5.75 Å². The van der Waals surface area contributed by atoms with E-state index in [4.69, 9.17) is 32.5 Å². The van der Waals surface area contributed by atoms with Crippen LogP contribution in [0.1, 0.15) is 35.2 Å². The van der Waals surface area contributed by atoms with Gasteiger partial charge in [0.2, 0.25) is 5.91 Å². The first-order valence-electron chi connectivity index (χ1n) is 10.3. The molecule has 31 heavy (non-hydrogen) atoms. The van der Waals surface area contributed by atoms with Crippen LogP contribution in [0.2, 0.25) is 10.0 Å². The van der Waals surface area contributed by atoms with Gasteiger partial charge in [-0.25, -0.2) is 0 Å². The molecule has 2 aromatic carbocycles. The van der Waals surface area contributed by atoms with Crippen molar-refractivity contribution < 1.29 is 14.1 Å². The number of halogens is 2. The van der Waals surface area contributed by atoms with Crippen LogP contribution in [-0.2, 0) is 17.8 Å². The molecule has 162 valence electrons. The van der Waals surface area contributed by atoms with Crippen molar-refractivity contribution in [1.82, 2.24) is 10.1 Å². The molecule has 1 aliphatic heterocycles. The summed E-state index contributed by atoms with van der Waals surface area (Å²) in [4.78, 5) is 14.6. The van der Waals surface area contributed by atoms with Crippen molar-refractivity contribution in [3.05, 3.63) is 68.8 Å². The molecule has 5 nitrogen and oxygen atoms in total. The minimum Gasteiger partial charge on any atom is -0.494 e. The molecule has 0 fully saturated rings. The number of aromatic nitrogens is 1. The molecule has 1 amide bonds. The Kier molecular flexibility index (Phi) is 6.54. The number of aryl methyl sites for hydroxylation is 2. The highest BCUT2D eigenvalue weighted by molar-refractivity contribution is 6.32. The molecule has 3 aromatic rings. The van der Waals surface area contributed by atoms with Gasteiger partial charge in [-0.1, -0.05) is 28.4 Å². The van der Waals surface area contributed by atoms with E-state index in [0.29, 0.717) is 49.7 Å². The molecule has 0 unspecified atom stereocenters. The van der Waals surface area contributed by atoms with Crippen LogP contribution in [0.3, 0.4) is 0 Å². The van der Waals surface area contributed by atoms with E-state index in [2.05, 4.69) is 5.16 Å². The molecule has 0 N–H and O–H groups in total. The molecule has 4 rings (SSSR count). The van der Waals surface area contributed by atoms with Crippen LogP contribution >= 0.6 is 23.2 Å². The number of amides is 1. The number of hydrogen-bond acceptors (Lipinski definition) is 4. The Bertz CT molecular complexity index is 1070. The zero-order chi connectivity index (χ0) is 22.0. The van der Waals surface area contributed by atoms with Crippen molar-refractivity contribution in [2.24, 2.45) is 0 Å². The van der Waals surface area contributed by atoms with Crippen LogP contribution in [-0.4, -0.2) is 29.1 Å². The quantitative estimate of drug-likeness (QED) is 0.424. The second-order valence-corrected chi connectivity index (χ2v) is 8.65. The van der Waals surface area contributed by atoms with E-state index in [1.165, 1.54) is 0 Å². The zero-order valence-corrected chi connectivity index (χ0v) is 19.1. The number of ether oxygens (including phenoxy) is 1. The maximum atomic E-state index is 12.8. The summed E-state index contributed by atoms with van der Waals surface area (Å²) in [6.45, 7) is 5.55. The van der Waals surface area contributed by atoms with Gasteiger partial charge in [-0.3, -0.25) is 4.79 Å². The summed E-state index contributed by atoms with van der Waals surface area (Å²) in [5, 5.41) is 5.63. The third-order valence-electron chi connectivity index (χ3n) is 5.51. The van der Waals surface area contributed by atoms with Crippen LogP contribution in [0, 0.1) is 13.8 Å². The molecule has 0 radical (unpaired) electrons. The van der Waals surface area contributed by atoms with Crippen molar-refractivity contribution in [2.75, 3.05) is 13.2 Å². The zero-order valence-electron chi connectivity index (χ0n) is 17.6. The predicted octanol–water partition coefficient (Wildman–Crippen LogP) is 6.01. The molecule has 0 saturated heterocycles. The van der Waals surface area contributed by atoms with Crippen molar-refractivity contribution in [1.29, 1.82) is 0 Å². The molecule has 0 aliphatic carbocycles. The number of carbonyl (C=O) groups excluding carboxylic acids is 1. The highest BCUT2D eigenvalue weighted by Gasteiger charge is 2.27. The van der Waals surface area contributed by atoms with Crippen molar-refractivity contribution in [3.8, 4) is 17.1 Å². The fourth-order valence-electron chi connectivity index (χ4n) is 3.81. The first kappa shape index (κ1) is 21.7. The molecule has 0 atom stereocenters. The van der Waals surface area contributed by atoms with Crippen molar-refractivity contribution in [2.45, 2.75) is 39.7 Å². The van der Waals surface area contributed by atoms with E-state index >= 15 is 0 Å². The van der Waals surface area contributed by atoms with Gasteiger partial charge in [0.15, 0.2) is 5.76 Å². The van der Waals surface area contributed by atoms with E-state index < -0.39 is 0 Å². The highest BCUT2D eigenvalue weighted by Crippen LogP contribution is 2.31. The molecule has 0 bridgehead atoms. The Balaban J connectivity index is 1.33. The van der Waals surface area contributed by atoms with Gasteiger partial charge in [0.05, 0.1) is 18.8 Å². The van der Waals surface area contributed by atoms with Gasteiger partial charge in [-0.05, 0) is 67.8 Å². The summed E-state index contributed by atoms with van der Waals surface area (Å²) < 4.78 is 11.4. The maximum Gasteiger partial charge on any atom is 0.223 e. The first-order chi connectivity index (χ1) is 14.9. The number of nitrogens with zero attached hydrogens (tertiary/aromatic N) is 2. The highest BCUT2D eigenvalue weighted by atomic mass is 35.5. The Morgan fingerprint density at radius 3 is 2.58 bits per heavy atom. The Morgan fingerprint density at radius 1 is 1.16 bits per heavy atom. The fraction of sp³-hybridized carbons (Fsp3) is 0.333. The SMILES string of the molecule is Cc1cc(OCCCC(=O)N2CCc3noc(-c4ccc(Cl)cc4)c3C2)cc(C)c1Cl. The standard InChI is InChI=1S/C24H24Cl2N2O3/c1-15-12-19(13-16(2)23(15)26)30-11-3-4-22(29)28-10-9-21-20(14-28)24(31-27-21)17-5-7-18(25)8-6-17/h5-8,12-13H,3-4,9-11,14H2,1-2H3. The van der Waals surface area contributed by atoms with Gasteiger partial charge in [0.25, 0.3) is 0 Å². The molecular weight excluding hydrogens is 435 g/mol. The Labute approximate surface area is 191 Å². The summed E-state index contributed by atoms with van der Waals surface area (Å²) in [6, 6.07) is 11.3. The average molecular weight is 459 g/mol. The lowest BCUT2D eigenvalue weighted by molar-refractivity contribution is -0.132. The monoisotopic (exact) mass is 458 g/mol. The summed E-state index contributed by atoms with van der Waals surface area (Å²) >= 11 is 12.2. The normalized spacial score (nSPS) is 13.2. The number of benzene rings is 2. The van der Waals surface area contributed by atoms with Gasteiger partial charge in [0, 0.05) is 40.6 Å². The van der Waals surface area contributed by atoms with E-state index in [0.717, 1.165) is 38.7 Å². The predicted molar refractivity (Wildman–Crippen MR) is 122 cm³/mol. The molecule has 1 aliphatic rings. The molecule has 0 spiro atoms. The third-order valence-corrected chi connectivity index (χ3v) is 6.36. The van der Waals surface area contributed by atoms with Crippen LogP contribution in [0.25, 0.3) is 11.3 Å². The number of rotatable bonds is 6. The smallest absolute Gasteiger partial charge is 0.223 e. The summed E-state index contributed by atoms with van der Waals surface area (Å²) in [5.41, 5.74) is 4.79. The van der Waals surface area contributed by atoms with E-state index in [9.17, 15) is 4.79 Å². The fourth-order valence-corrected chi connectivity index (χ4v) is 4.05. The van der Waals surface area contributed by atoms with E-state index in [-0.39, 0.29) is 5.91 Å². The largest absolute Gasteiger partial charge is 0.494 e. The van der Waals surface area contributed by atoms with E-state index in [1.54, 1.807) is 0 Å². The topological polar surface area (TPSA) is 55.6 Å². The lowest BCUT2D eigenvalue weighted by Crippen LogP contribution is -2.36. The van der Waals surface area contributed by atoms with E-state index in [1.807, 2.05) is 55.1 Å². The Morgan fingerprint density at radius 2 is 1.87 bits per heavy atom. The second-order valence-electron chi connectivity index (χ2n) is 7.83. The number of fused-ring (bicyclic) bond motifs is 1. The molecule has 1 aromatic heterocycles. The summed E-state index contributed by atoms with van der Waals surface area (Å²) in [6.07, 6.45) is 1.77. The maximum absolute atomic E-state index is 12.8. The molecule has 2 heterocycles. The van der Waals surface area contributed by atoms with Crippen LogP contribution in [0.15, 0.2) is 40.9 Å².